The van der Waals surface area contributed by atoms with Gasteiger partial charge < -0.3 is 10.1 Å². The minimum absolute atomic E-state index is 0.0163. The van der Waals surface area contributed by atoms with E-state index in [4.69, 9.17) is 4.74 Å². The van der Waals surface area contributed by atoms with E-state index in [1.54, 1.807) is 18.6 Å². The lowest BCUT2D eigenvalue weighted by Crippen LogP contribution is -2.35. The lowest BCUT2D eigenvalue weighted by atomic mass is 10.2. The average molecular weight is 314 g/mol. The zero-order valence-electron chi connectivity index (χ0n) is 12.1. The first-order chi connectivity index (χ1) is 11.3. The molecule has 10 nitrogen and oxygen atoms in total. The highest BCUT2D eigenvalue weighted by molar-refractivity contribution is 5.27. The van der Waals surface area contributed by atoms with Gasteiger partial charge in [0.15, 0.2) is 5.69 Å². The summed E-state index contributed by atoms with van der Waals surface area (Å²) in [6, 6.07) is 1.85. The van der Waals surface area contributed by atoms with Crippen LogP contribution in [0.25, 0.3) is 11.6 Å². The van der Waals surface area contributed by atoms with Crippen molar-refractivity contribution in [3.05, 3.63) is 46.9 Å². The molecule has 1 fully saturated rings. The summed E-state index contributed by atoms with van der Waals surface area (Å²) in [6.45, 7) is 2.03. The van der Waals surface area contributed by atoms with Crippen molar-refractivity contribution in [2.24, 2.45) is 0 Å². The second-order valence-corrected chi connectivity index (χ2v) is 5.04. The first-order valence-corrected chi connectivity index (χ1v) is 7.14. The van der Waals surface area contributed by atoms with Crippen LogP contribution in [0.4, 0.5) is 0 Å². The van der Waals surface area contributed by atoms with Gasteiger partial charge in [-0.15, -0.1) is 5.10 Å². The minimum Gasteiger partial charge on any atom is -0.378 e. The number of hydrogen-bond donors (Lipinski definition) is 2. The molecule has 2 N–H and O–H groups in total. The molecule has 0 aliphatic carbocycles. The van der Waals surface area contributed by atoms with E-state index in [2.05, 4.69) is 30.7 Å². The van der Waals surface area contributed by atoms with Crippen molar-refractivity contribution in [2.75, 3.05) is 19.8 Å². The minimum atomic E-state index is -0.302. The van der Waals surface area contributed by atoms with Crippen LogP contribution in [0.1, 0.15) is 11.7 Å². The van der Waals surface area contributed by atoms with Crippen LogP contribution in [0.15, 0.2) is 35.6 Å². The van der Waals surface area contributed by atoms with E-state index in [1.165, 1.54) is 15.6 Å². The first kappa shape index (κ1) is 13.8. The number of H-pyrrole nitrogens is 1. The van der Waals surface area contributed by atoms with Gasteiger partial charge in [0.25, 0.3) is 5.56 Å². The van der Waals surface area contributed by atoms with Crippen molar-refractivity contribution in [3.63, 3.8) is 0 Å². The third-order valence-electron chi connectivity index (χ3n) is 3.53. The van der Waals surface area contributed by atoms with Gasteiger partial charge in [-0.3, -0.25) is 9.89 Å². The lowest BCUT2D eigenvalue weighted by molar-refractivity contribution is 0.0755. The summed E-state index contributed by atoms with van der Waals surface area (Å²) in [5.41, 5.74) is 0.853. The Morgan fingerprint density at radius 2 is 2.30 bits per heavy atom. The third-order valence-corrected chi connectivity index (χ3v) is 3.53. The zero-order valence-corrected chi connectivity index (χ0v) is 12.1. The highest BCUT2D eigenvalue weighted by Crippen LogP contribution is 2.14. The number of rotatable bonds is 3. The summed E-state index contributed by atoms with van der Waals surface area (Å²) in [5, 5.41) is 13.5. The highest BCUT2D eigenvalue weighted by Gasteiger charge is 2.18. The lowest BCUT2D eigenvalue weighted by Gasteiger charge is -2.23. The Balaban J connectivity index is 1.68. The normalized spacial score (nSPS) is 18.2. The molecule has 0 spiro atoms. The quantitative estimate of drug-likeness (QED) is 0.650. The van der Waals surface area contributed by atoms with E-state index in [0.29, 0.717) is 24.8 Å². The molecule has 0 radical (unpaired) electrons. The van der Waals surface area contributed by atoms with Crippen LogP contribution in [-0.2, 0) is 4.74 Å². The number of morpholine rings is 1. The molecule has 0 amide bonds. The fourth-order valence-corrected chi connectivity index (χ4v) is 2.41. The number of aromatic nitrogens is 7. The average Bonchev–Trinajstić information content (AvgIpc) is 3.25. The standard InChI is InChI=1S/C13H14N8O2/c22-12-11(20-5-3-16-19-20)7-21(18-12)13-15-2-1-9(17-13)10-8-23-6-4-14-10/h1-3,5,7,10,14H,4,6,8H2,(H,18,22). The monoisotopic (exact) mass is 314 g/mol. The van der Waals surface area contributed by atoms with Crippen LogP contribution in [-0.4, -0.2) is 54.5 Å². The molecule has 1 saturated heterocycles. The van der Waals surface area contributed by atoms with Gasteiger partial charge in [0, 0.05) is 12.7 Å². The van der Waals surface area contributed by atoms with E-state index < -0.39 is 0 Å². The molecule has 1 atom stereocenters. The van der Waals surface area contributed by atoms with Crippen LogP contribution in [0.2, 0.25) is 0 Å². The van der Waals surface area contributed by atoms with Gasteiger partial charge in [0.1, 0.15) is 0 Å². The van der Waals surface area contributed by atoms with Crippen LogP contribution < -0.4 is 10.9 Å². The number of ether oxygens (including phenoxy) is 1. The van der Waals surface area contributed by atoms with Crippen molar-refractivity contribution >= 4 is 0 Å². The van der Waals surface area contributed by atoms with Crippen molar-refractivity contribution in [1.29, 1.82) is 0 Å². The van der Waals surface area contributed by atoms with Crippen LogP contribution in [0.3, 0.4) is 0 Å². The van der Waals surface area contributed by atoms with Crippen molar-refractivity contribution in [3.8, 4) is 11.6 Å². The van der Waals surface area contributed by atoms with E-state index in [0.717, 1.165) is 12.2 Å². The zero-order chi connectivity index (χ0) is 15.6. The maximum absolute atomic E-state index is 12.0. The molecule has 3 aromatic heterocycles. The predicted molar refractivity (Wildman–Crippen MR) is 78.5 cm³/mol. The number of nitrogens with one attached hydrogen (secondary N) is 2. The van der Waals surface area contributed by atoms with Crippen LogP contribution in [0, 0.1) is 0 Å². The van der Waals surface area contributed by atoms with Gasteiger partial charge in [-0.2, -0.15) is 0 Å². The second kappa shape index (κ2) is 5.74. The molecule has 4 rings (SSSR count). The maximum atomic E-state index is 12.0. The van der Waals surface area contributed by atoms with Crippen LogP contribution >= 0.6 is 0 Å². The highest BCUT2D eigenvalue weighted by atomic mass is 16.5. The molecule has 1 aliphatic rings. The molecular weight excluding hydrogens is 300 g/mol. The third kappa shape index (κ3) is 2.64. The Hall–Kier alpha value is -2.85. The molecule has 0 bridgehead atoms. The van der Waals surface area contributed by atoms with E-state index in [1.807, 2.05) is 6.07 Å². The Morgan fingerprint density at radius 3 is 3.09 bits per heavy atom. The fraction of sp³-hybridized carbons (Fsp3) is 0.308. The summed E-state index contributed by atoms with van der Waals surface area (Å²) < 4.78 is 8.30. The summed E-state index contributed by atoms with van der Waals surface area (Å²) in [6.07, 6.45) is 6.33. The van der Waals surface area contributed by atoms with Gasteiger partial charge >= 0.3 is 0 Å². The Labute approximate surface area is 130 Å². The number of nitrogens with zero attached hydrogens (tertiary/aromatic N) is 6. The fourth-order valence-electron chi connectivity index (χ4n) is 2.41. The largest absolute Gasteiger partial charge is 0.378 e. The second-order valence-electron chi connectivity index (χ2n) is 5.04. The Kier molecular flexibility index (Phi) is 3.44. The number of aromatic amines is 1. The topological polar surface area (TPSA) is 116 Å². The molecule has 3 aromatic rings. The SMILES string of the molecule is O=c1[nH]n(-c2nccc(C3COCCN3)n2)cc1-n1ccnn1. The Morgan fingerprint density at radius 1 is 1.35 bits per heavy atom. The maximum Gasteiger partial charge on any atom is 0.290 e. The molecule has 1 aliphatic heterocycles. The molecule has 118 valence electrons. The molecule has 0 aromatic carbocycles. The molecule has 10 heteroatoms. The molecule has 4 heterocycles. The van der Waals surface area contributed by atoms with Gasteiger partial charge in [-0.1, -0.05) is 5.21 Å². The summed E-state index contributed by atoms with van der Waals surface area (Å²) in [5.74, 6) is 0.373. The van der Waals surface area contributed by atoms with Gasteiger partial charge in [-0.25, -0.2) is 19.3 Å². The predicted octanol–water partition coefficient (Wildman–Crippen LogP) is -0.803. The summed E-state index contributed by atoms with van der Waals surface area (Å²) in [7, 11) is 0. The van der Waals surface area contributed by atoms with Crippen molar-refractivity contribution in [1.82, 2.24) is 40.1 Å². The van der Waals surface area contributed by atoms with Gasteiger partial charge in [-0.05, 0) is 6.07 Å². The molecule has 0 saturated carbocycles. The van der Waals surface area contributed by atoms with E-state index in [-0.39, 0.29) is 11.6 Å². The van der Waals surface area contributed by atoms with E-state index >= 15 is 0 Å². The molecular formula is C13H14N8O2. The van der Waals surface area contributed by atoms with Gasteiger partial charge in [0.2, 0.25) is 5.95 Å². The van der Waals surface area contributed by atoms with Crippen LogP contribution in [0.5, 0.6) is 0 Å². The number of hydrogen-bond acceptors (Lipinski definition) is 7. The van der Waals surface area contributed by atoms with E-state index in [9.17, 15) is 4.79 Å². The molecule has 23 heavy (non-hydrogen) atoms. The molecule has 1 unspecified atom stereocenters. The first-order valence-electron chi connectivity index (χ1n) is 7.14. The smallest absolute Gasteiger partial charge is 0.290 e. The van der Waals surface area contributed by atoms with Gasteiger partial charge in [0.05, 0.1) is 43.5 Å². The summed E-state index contributed by atoms with van der Waals surface area (Å²) >= 11 is 0. The summed E-state index contributed by atoms with van der Waals surface area (Å²) in [4.78, 5) is 20.7. The van der Waals surface area contributed by atoms with Crippen molar-refractivity contribution < 1.29 is 4.74 Å². The Bertz CT molecular complexity index is 847. The van der Waals surface area contributed by atoms with Crippen molar-refractivity contribution in [2.45, 2.75) is 6.04 Å².